The van der Waals surface area contributed by atoms with E-state index in [9.17, 15) is 13.2 Å². The number of aromatic nitrogens is 5. The lowest BCUT2D eigenvalue weighted by Gasteiger charge is -2.26. The zero-order chi connectivity index (χ0) is 24.8. The molecule has 35 heavy (non-hydrogen) atoms. The van der Waals surface area contributed by atoms with E-state index in [2.05, 4.69) is 19.9 Å². The maximum absolute atomic E-state index is 13.4. The Morgan fingerprint density at radius 1 is 1.00 bits per heavy atom. The summed E-state index contributed by atoms with van der Waals surface area (Å²) < 4.78 is 40.2. The smallest absolute Gasteiger partial charge is 0.238 e. The van der Waals surface area contributed by atoms with E-state index in [0.29, 0.717) is 48.6 Å². The van der Waals surface area contributed by atoms with E-state index in [4.69, 9.17) is 11.5 Å². The van der Waals surface area contributed by atoms with Crippen LogP contribution in [0.1, 0.15) is 31.2 Å². The molecule has 3 aromatic heterocycles. The minimum absolute atomic E-state index is 0.0967. The van der Waals surface area contributed by atoms with Crippen molar-refractivity contribution >= 4 is 22.7 Å². The largest absolute Gasteiger partial charge is 0.382 e. The van der Waals surface area contributed by atoms with Crippen LogP contribution in [0.3, 0.4) is 0 Å². The topological polar surface area (TPSA) is 112 Å². The zero-order valence-electron chi connectivity index (χ0n) is 19.1. The highest BCUT2D eigenvalue weighted by Gasteiger charge is 2.16. The molecule has 0 spiro atoms. The van der Waals surface area contributed by atoms with Gasteiger partial charge in [-0.2, -0.15) is 0 Å². The molecule has 0 amide bonds. The molecule has 0 saturated carbocycles. The van der Waals surface area contributed by atoms with Crippen LogP contribution < -0.4 is 16.4 Å². The van der Waals surface area contributed by atoms with E-state index >= 15 is 0 Å². The molecule has 0 saturated heterocycles. The van der Waals surface area contributed by atoms with Crippen molar-refractivity contribution in [2.75, 3.05) is 23.8 Å². The molecule has 1 aromatic carbocycles. The minimum atomic E-state index is -2.28. The summed E-state index contributed by atoms with van der Waals surface area (Å²) in [6, 6.07) is 8.05. The van der Waals surface area contributed by atoms with Gasteiger partial charge in [-0.3, -0.25) is 4.98 Å². The zero-order valence-corrected chi connectivity index (χ0v) is 19.1. The molecule has 4 rings (SSSR count). The fraction of sp³-hybridized carbons (Fsp3) is 0.333. The lowest BCUT2D eigenvalue weighted by Crippen LogP contribution is -2.32. The molecule has 0 bridgehead atoms. The minimum Gasteiger partial charge on any atom is -0.382 e. The average molecular weight is 485 g/mol. The molecule has 0 aliphatic carbocycles. The number of hydrogen-bond donors (Lipinski definition) is 2. The van der Waals surface area contributed by atoms with Gasteiger partial charge in [-0.15, -0.1) is 0 Å². The van der Waals surface area contributed by atoms with E-state index in [1.807, 2.05) is 15.5 Å². The van der Waals surface area contributed by atoms with Gasteiger partial charge in [-0.1, -0.05) is 6.42 Å². The number of halogens is 3. The monoisotopic (exact) mass is 484 g/mol. The molecule has 3 heterocycles. The van der Waals surface area contributed by atoms with E-state index in [1.165, 1.54) is 18.5 Å². The molecular formula is C24H27F3N8. The van der Waals surface area contributed by atoms with Gasteiger partial charge < -0.3 is 20.9 Å². The predicted molar refractivity (Wildman–Crippen MR) is 129 cm³/mol. The van der Waals surface area contributed by atoms with E-state index in [1.54, 1.807) is 24.7 Å². The normalized spacial score (nSPS) is 11.5. The molecule has 8 nitrogen and oxygen atoms in total. The lowest BCUT2D eigenvalue weighted by molar-refractivity contribution is 0.134. The van der Waals surface area contributed by atoms with Crippen molar-refractivity contribution in [1.82, 2.24) is 24.5 Å². The number of nitrogens with two attached hydrogens (primary N) is 2. The van der Waals surface area contributed by atoms with Crippen LogP contribution in [0.2, 0.25) is 0 Å². The average Bonchev–Trinajstić information content (AvgIpc) is 3.26. The summed E-state index contributed by atoms with van der Waals surface area (Å²) in [5.41, 5.74) is 16.3. The molecule has 0 atom stereocenters. The first-order valence-electron chi connectivity index (χ1n) is 11.4. The number of fused-ring (bicyclic) bond motifs is 1. The maximum atomic E-state index is 13.4. The number of pyridine rings is 1. The Hall–Kier alpha value is -3.73. The van der Waals surface area contributed by atoms with Gasteiger partial charge in [-0.05, 0) is 48.7 Å². The second kappa shape index (κ2) is 11.1. The summed E-state index contributed by atoms with van der Waals surface area (Å²) in [7, 11) is 0. The summed E-state index contributed by atoms with van der Waals surface area (Å²) in [6.45, 7) is 1.24. The van der Waals surface area contributed by atoms with Crippen LogP contribution in [0.5, 0.6) is 0 Å². The third-order valence-corrected chi connectivity index (χ3v) is 5.79. The standard InChI is InChI=1S/C24H27F3N8/c25-18-7-5-16(6-8-18)19-10-17(12-35-15-33-22-23(29)31-14-32-24(22)35)20(11-30-19)34(13-28)9-3-1-2-4-21(26)27/h5-8,10-11,14-15,21H,1-4,9,12-13,28H2,(H2,29,31,32). The first-order chi connectivity index (χ1) is 17.0. The van der Waals surface area contributed by atoms with Gasteiger partial charge in [-0.25, -0.2) is 28.1 Å². The van der Waals surface area contributed by atoms with Crippen molar-refractivity contribution in [2.24, 2.45) is 5.73 Å². The quantitative estimate of drug-likeness (QED) is 0.242. The molecule has 0 unspecified atom stereocenters. The number of imidazole rings is 1. The highest BCUT2D eigenvalue weighted by molar-refractivity contribution is 5.81. The third-order valence-electron chi connectivity index (χ3n) is 5.79. The van der Waals surface area contributed by atoms with Gasteiger partial charge in [0.2, 0.25) is 6.43 Å². The number of hydrogen-bond acceptors (Lipinski definition) is 7. The number of benzene rings is 1. The Labute approximate surface area is 200 Å². The van der Waals surface area contributed by atoms with E-state index in [0.717, 1.165) is 23.2 Å². The lowest BCUT2D eigenvalue weighted by atomic mass is 10.1. The van der Waals surface area contributed by atoms with Crippen LogP contribution in [0.15, 0.2) is 49.2 Å². The van der Waals surface area contributed by atoms with Crippen LogP contribution in [0, 0.1) is 5.82 Å². The molecule has 0 fully saturated rings. The summed E-state index contributed by atoms with van der Waals surface area (Å²) in [5, 5.41) is 0. The van der Waals surface area contributed by atoms with Crippen molar-refractivity contribution in [2.45, 2.75) is 38.7 Å². The van der Waals surface area contributed by atoms with Crippen molar-refractivity contribution in [3.8, 4) is 11.3 Å². The van der Waals surface area contributed by atoms with Crippen molar-refractivity contribution < 1.29 is 13.2 Å². The molecule has 0 radical (unpaired) electrons. The van der Waals surface area contributed by atoms with Gasteiger partial charge >= 0.3 is 0 Å². The van der Waals surface area contributed by atoms with Gasteiger partial charge in [0, 0.05) is 18.5 Å². The summed E-state index contributed by atoms with van der Waals surface area (Å²) in [6.07, 6.45) is 4.27. The summed E-state index contributed by atoms with van der Waals surface area (Å²) in [5.74, 6) is -0.0306. The Morgan fingerprint density at radius 3 is 2.54 bits per heavy atom. The Kier molecular flexibility index (Phi) is 7.76. The van der Waals surface area contributed by atoms with Crippen molar-refractivity contribution in [1.29, 1.82) is 0 Å². The first kappa shape index (κ1) is 24.4. The first-order valence-corrected chi connectivity index (χ1v) is 11.4. The van der Waals surface area contributed by atoms with Crippen LogP contribution in [-0.4, -0.2) is 44.1 Å². The van der Waals surface area contributed by atoms with Gasteiger partial charge in [0.05, 0.1) is 37.1 Å². The van der Waals surface area contributed by atoms with Crippen molar-refractivity contribution in [3.05, 3.63) is 60.6 Å². The van der Waals surface area contributed by atoms with Crippen LogP contribution in [0.25, 0.3) is 22.4 Å². The predicted octanol–water partition coefficient (Wildman–Crippen LogP) is 4.21. The van der Waals surface area contributed by atoms with Crippen LogP contribution >= 0.6 is 0 Å². The van der Waals surface area contributed by atoms with Gasteiger partial charge in [0.1, 0.15) is 17.7 Å². The number of unbranched alkanes of at least 4 members (excludes halogenated alkanes) is 2. The Bertz CT molecular complexity index is 1260. The molecular weight excluding hydrogens is 457 g/mol. The highest BCUT2D eigenvalue weighted by Crippen LogP contribution is 2.28. The molecule has 11 heteroatoms. The second-order valence-electron chi connectivity index (χ2n) is 8.20. The summed E-state index contributed by atoms with van der Waals surface area (Å²) >= 11 is 0. The Morgan fingerprint density at radius 2 is 1.80 bits per heavy atom. The van der Waals surface area contributed by atoms with E-state index in [-0.39, 0.29) is 18.9 Å². The molecule has 0 aliphatic rings. The highest BCUT2D eigenvalue weighted by atomic mass is 19.3. The molecule has 0 aliphatic heterocycles. The molecule has 184 valence electrons. The summed E-state index contributed by atoms with van der Waals surface area (Å²) in [4.78, 5) is 19.2. The van der Waals surface area contributed by atoms with Crippen molar-refractivity contribution in [3.63, 3.8) is 0 Å². The third kappa shape index (κ3) is 5.86. The number of alkyl halides is 2. The maximum Gasteiger partial charge on any atom is 0.238 e. The van der Waals surface area contributed by atoms with Crippen LogP contribution in [0.4, 0.5) is 24.7 Å². The fourth-order valence-corrected chi connectivity index (χ4v) is 3.97. The fourth-order valence-electron chi connectivity index (χ4n) is 3.97. The number of rotatable bonds is 11. The number of nitrogens with zero attached hydrogens (tertiary/aromatic N) is 6. The van der Waals surface area contributed by atoms with Gasteiger partial charge in [0.15, 0.2) is 11.5 Å². The molecule has 4 aromatic rings. The SMILES string of the molecule is NCN(CCCCCC(F)F)c1cnc(-c2ccc(F)cc2)cc1Cn1cnc2c(N)ncnc21. The Balaban J connectivity index is 1.65. The second-order valence-corrected chi connectivity index (χ2v) is 8.20. The number of anilines is 2. The van der Waals surface area contributed by atoms with Gasteiger partial charge in [0.25, 0.3) is 0 Å². The molecule has 4 N–H and O–H groups in total. The van der Waals surface area contributed by atoms with E-state index < -0.39 is 6.43 Å². The van der Waals surface area contributed by atoms with Crippen LogP contribution in [-0.2, 0) is 6.54 Å². The number of nitrogen functional groups attached to an aromatic ring is 1.